The van der Waals surface area contributed by atoms with Crippen molar-refractivity contribution in [2.24, 2.45) is 0 Å². The van der Waals surface area contributed by atoms with Crippen LogP contribution in [0.2, 0.25) is 0 Å². The molecule has 0 aliphatic heterocycles. The molecule has 152 valence electrons. The second kappa shape index (κ2) is 8.12. The van der Waals surface area contributed by atoms with E-state index in [4.69, 9.17) is 9.15 Å². The molecule has 0 unspecified atom stereocenters. The number of anilines is 2. The number of para-hydroxylation sites is 2. The summed E-state index contributed by atoms with van der Waals surface area (Å²) < 4.78 is 11.8. The van der Waals surface area contributed by atoms with E-state index in [1.807, 2.05) is 13.0 Å². The Kier molecular flexibility index (Phi) is 5.21. The quantitative estimate of drug-likeness (QED) is 0.496. The number of rotatable bonds is 6. The zero-order valence-corrected chi connectivity index (χ0v) is 16.5. The second-order valence-electron chi connectivity index (χ2n) is 6.42. The van der Waals surface area contributed by atoms with Gasteiger partial charge in [-0.3, -0.25) is 14.7 Å². The van der Waals surface area contributed by atoms with Crippen molar-refractivity contribution in [3.8, 4) is 17.2 Å². The van der Waals surface area contributed by atoms with Gasteiger partial charge in [0.1, 0.15) is 28.5 Å². The number of hydrogen-bond donors (Lipinski definition) is 2. The lowest BCUT2D eigenvalue weighted by atomic mass is 10.2. The largest absolute Gasteiger partial charge is 0.506 e. The molecule has 0 atom stereocenters. The number of aromatic nitrogens is 2. The summed E-state index contributed by atoms with van der Waals surface area (Å²) >= 11 is 0. The molecule has 0 saturated heterocycles. The summed E-state index contributed by atoms with van der Waals surface area (Å²) in [6.45, 7) is 2.51. The number of phenols is 1. The lowest BCUT2D eigenvalue weighted by Gasteiger charge is -2.19. The third-order valence-corrected chi connectivity index (χ3v) is 4.50. The number of ether oxygens (including phenoxy) is 1. The van der Waals surface area contributed by atoms with Gasteiger partial charge in [0.2, 0.25) is 0 Å². The lowest BCUT2D eigenvalue weighted by Crippen LogP contribution is -2.18. The number of aromatic hydroxyl groups is 1. The van der Waals surface area contributed by atoms with Crippen molar-refractivity contribution < 1.29 is 19.1 Å². The molecule has 0 saturated carbocycles. The minimum atomic E-state index is -0.292. The summed E-state index contributed by atoms with van der Waals surface area (Å²) in [6.07, 6.45) is 1.51. The van der Waals surface area contributed by atoms with Crippen LogP contribution < -0.4 is 15.0 Å². The Morgan fingerprint density at radius 2 is 1.97 bits per heavy atom. The highest BCUT2D eigenvalue weighted by molar-refractivity contribution is 5.92. The second-order valence-corrected chi connectivity index (χ2v) is 6.42. The van der Waals surface area contributed by atoms with E-state index in [-0.39, 0.29) is 17.4 Å². The molecule has 0 aliphatic rings. The first kappa shape index (κ1) is 19.3. The Hall–Kier alpha value is -4.07. The highest BCUT2D eigenvalue weighted by Crippen LogP contribution is 2.35. The van der Waals surface area contributed by atoms with Crippen molar-refractivity contribution >= 4 is 28.7 Å². The standard InChI is InChI=1S/C22H20N4O4/c1-3-26(18-6-4-5-7-19(18)27)22-25-16-9-8-14(13-20(16)30-22)29-15-10-11-24-17(12-15)21(28)23-2/h4-13,27H,3H2,1-2H3,(H,23,28). The van der Waals surface area contributed by atoms with E-state index in [9.17, 15) is 9.90 Å². The fourth-order valence-electron chi connectivity index (χ4n) is 3.04. The summed E-state index contributed by atoms with van der Waals surface area (Å²) in [4.78, 5) is 22.1. The first-order chi connectivity index (χ1) is 14.6. The summed E-state index contributed by atoms with van der Waals surface area (Å²) in [5.74, 6) is 0.867. The van der Waals surface area contributed by atoms with Gasteiger partial charge in [-0.05, 0) is 37.3 Å². The molecule has 2 heterocycles. The number of oxazole rings is 1. The van der Waals surface area contributed by atoms with Crippen molar-refractivity contribution in [1.82, 2.24) is 15.3 Å². The fraction of sp³-hybridized carbons (Fsp3) is 0.136. The van der Waals surface area contributed by atoms with Gasteiger partial charge in [0.15, 0.2) is 5.58 Å². The van der Waals surface area contributed by atoms with Crippen LogP contribution in [0.4, 0.5) is 11.7 Å². The minimum Gasteiger partial charge on any atom is -0.506 e. The van der Waals surface area contributed by atoms with Crippen LogP contribution in [-0.4, -0.2) is 34.6 Å². The monoisotopic (exact) mass is 404 g/mol. The van der Waals surface area contributed by atoms with Gasteiger partial charge in [0.05, 0.1) is 5.69 Å². The van der Waals surface area contributed by atoms with E-state index in [1.54, 1.807) is 60.5 Å². The van der Waals surface area contributed by atoms with Crippen LogP contribution in [-0.2, 0) is 0 Å². The molecule has 8 nitrogen and oxygen atoms in total. The van der Waals surface area contributed by atoms with Gasteiger partial charge in [-0.15, -0.1) is 0 Å². The average molecular weight is 404 g/mol. The number of carbonyl (C=O) groups is 1. The Morgan fingerprint density at radius 3 is 2.73 bits per heavy atom. The number of hydrogen-bond acceptors (Lipinski definition) is 7. The predicted octanol–water partition coefficient (Wildman–Crippen LogP) is 4.24. The number of amides is 1. The normalized spacial score (nSPS) is 10.7. The van der Waals surface area contributed by atoms with E-state index in [0.29, 0.717) is 40.8 Å². The van der Waals surface area contributed by atoms with Crippen LogP contribution in [0.15, 0.2) is 65.2 Å². The molecule has 4 rings (SSSR count). The van der Waals surface area contributed by atoms with Crippen molar-refractivity contribution in [2.45, 2.75) is 6.92 Å². The van der Waals surface area contributed by atoms with Gasteiger partial charge >= 0.3 is 6.01 Å². The molecule has 2 aromatic carbocycles. The maximum atomic E-state index is 11.8. The summed E-state index contributed by atoms with van der Waals surface area (Å²) in [7, 11) is 1.54. The molecule has 0 spiro atoms. The van der Waals surface area contributed by atoms with Gasteiger partial charge < -0.3 is 19.6 Å². The van der Waals surface area contributed by atoms with Gasteiger partial charge in [-0.25, -0.2) is 0 Å². The molecular weight excluding hydrogens is 384 g/mol. The number of fused-ring (bicyclic) bond motifs is 1. The molecule has 1 amide bonds. The van der Waals surface area contributed by atoms with Gasteiger partial charge in [-0.1, -0.05) is 12.1 Å². The van der Waals surface area contributed by atoms with Crippen LogP contribution in [0.3, 0.4) is 0 Å². The van der Waals surface area contributed by atoms with Crippen LogP contribution in [0.5, 0.6) is 17.2 Å². The number of nitrogens with one attached hydrogen (secondary N) is 1. The van der Waals surface area contributed by atoms with E-state index < -0.39 is 0 Å². The number of carbonyl (C=O) groups excluding carboxylic acids is 1. The summed E-state index contributed by atoms with van der Waals surface area (Å²) in [5, 5.41) is 12.7. The Balaban J connectivity index is 1.63. The molecule has 4 aromatic rings. The van der Waals surface area contributed by atoms with Crippen LogP contribution >= 0.6 is 0 Å². The number of benzene rings is 2. The first-order valence-electron chi connectivity index (χ1n) is 9.41. The first-order valence-corrected chi connectivity index (χ1v) is 9.41. The Bertz CT molecular complexity index is 1200. The third kappa shape index (κ3) is 3.75. The fourth-order valence-corrected chi connectivity index (χ4v) is 3.04. The van der Waals surface area contributed by atoms with Gasteiger partial charge in [0.25, 0.3) is 5.91 Å². The number of pyridine rings is 1. The smallest absolute Gasteiger partial charge is 0.303 e. The molecule has 2 N–H and O–H groups in total. The lowest BCUT2D eigenvalue weighted by molar-refractivity contribution is 0.0958. The average Bonchev–Trinajstić information content (AvgIpc) is 3.18. The summed E-state index contributed by atoms with van der Waals surface area (Å²) in [5.41, 5.74) is 2.07. The molecule has 2 aromatic heterocycles. The molecule has 0 radical (unpaired) electrons. The maximum absolute atomic E-state index is 11.8. The highest BCUT2D eigenvalue weighted by atomic mass is 16.5. The molecule has 30 heavy (non-hydrogen) atoms. The van der Waals surface area contributed by atoms with Gasteiger partial charge in [-0.2, -0.15) is 4.98 Å². The Morgan fingerprint density at radius 1 is 1.17 bits per heavy atom. The van der Waals surface area contributed by atoms with Crippen LogP contribution in [0.1, 0.15) is 17.4 Å². The molecule has 0 fully saturated rings. The van der Waals surface area contributed by atoms with Crippen molar-refractivity contribution in [3.05, 3.63) is 66.5 Å². The van der Waals surface area contributed by atoms with Gasteiger partial charge in [0, 0.05) is 31.9 Å². The molecular formula is C22H20N4O4. The van der Waals surface area contributed by atoms with E-state index in [0.717, 1.165) is 0 Å². The van der Waals surface area contributed by atoms with Crippen molar-refractivity contribution in [1.29, 1.82) is 0 Å². The zero-order valence-electron chi connectivity index (χ0n) is 16.5. The van der Waals surface area contributed by atoms with E-state index >= 15 is 0 Å². The third-order valence-electron chi connectivity index (χ3n) is 4.50. The highest BCUT2D eigenvalue weighted by Gasteiger charge is 2.18. The Labute approximate surface area is 172 Å². The van der Waals surface area contributed by atoms with Crippen molar-refractivity contribution in [3.63, 3.8) is 0 Å². The summed E-state index contributed by atoms with van der Waals surface area (Å²) in [6, 6.07) is 15.9. The van der Waals surface area contributed by atoms with E-state index in [2.05, 4.69) is 15.3 Å². The topological polar surface area (TPSA) is 101 Å². The van der Waals surface area contributed by atoms with Crippen LogP contribution in [0.25, 0.3) is 11.1 Å². The minimum absolute atomic E-state index is 0.148. The molecule has 0 bridgehead atoms. The SMILES string of the molecule is CCN(c1nc2ccc(Oc3ccnc(C(=O)NC)c3)cc2o1)c1ccccc1O. The van der Waals surface area contributed by atoms with Crippen molar-refractivity contribution in [2.75, 3.05) is 18.5 Å². The van der Waals surface area contributed by atoms with E-state index in [1.165, 1.54) is 6.20 Å². The maximum Gasteiger partial charge on any atom is 0.303 e. The molecule has 0 aliphatic carbocycles. The number of phenolic OH excluding ortho intramolecular Hbond substituents is 1. The molecule has 8 heteroatoms. The number of nitrogens with zero attached hydrogens (tertiary/aromatic N) is 3. The predicted molar refractivity (Wildman–Crippen MR) is 112 cm³/mol. The zero-order chi connectivity index (χ0) is 21.1. The van der Waals surface area contributed by atoms with Crippen LogP contribution in [0, 0.1) is 0 Å².